The fourth-order valence-electron chi connectivity index (χ4n) is 3.82. The van der Waals surface area contributed by atoms with E-state index in [4.69, 9.17) is 0 Å². The first-order valence-corrected chi connectivity index (χ1v) is 10.8. The van der Waals surface area contributed by atoms with Crippen LogP contribution in [0.15, 0.2) is 69.9 Å². The molecule has 1 N–H and O–H groups in total. The Kier molecular flexibility index (Phi) is 5.73. The maximum absolute atomic E-state index is 13.0. The summed E-state index contributed by atoms with van der Waals surface area (Å²) in [6, 6.07) is 19.5. The van der Waals surface area contributed by atoms with E-state index in [-0.39, 0.29) is 11.3 Å². The second-order valence-corrected chi connectivity index (χ2v) is 8.51. The highest BCUT2D eigenvalue weighted by Crippen LogP contribution is 2.24. The van der Waals surface area contributed by atoms with Crippen molar-refractivity contribution in [3.63, 3.8) is 0 Å². The molecule has 4 aromatic rings. The molecule has 1 amide bonds. The van der Waals surface area contributed by atoms with Crippen molar-refractivity contribution < 1.29 is 4.79 Å². The number of halogens is 1. The van der Waals surface area contributed by atoms with Gasteiger partial charge in [-0.25, -0.2) is 0 Å². The molecule has 1 heterocycles. The van der Waals surface area contributed by atoms with E-state index in [1.807, 2.05) is 74.5 Å². The van der Waals surface area contributed by atoms with Crippen LogP contribution in [0.4, 0.5) is 5.69 Å². The number of nitrogens with zero attached hydrogens (tertiary/aromatic N) is 1. The highest BCUT2D eigenvalue weighted by molar-refractivity contribution is 9.10. The lowest BCUT2D eigenvalue weighted by Gasteiger charge is -2.15. The summed E-state index contributed by atoms with van der Waals surface area (Å²) in [7, 11) is 0. The van der Waals surface area contributed by atoms with Crippen LogP contribution in [-0.2, 0) is 11.3 Å². The van der Waals surface area contributed by atoms with E-state index in [2.05, 4.69) is 25.8 Å². The SMILES string of the molecule is Cc1ccc(NC(=O)CCCn2c3ccccc3c(=O)c3cc(C)ccc32)c(Br)c1. The van der Waals surface area contributed by atoms with Crippen molar-refractivity contribution in [2.45, 2.75) is 33.2 Å². The van der Waals surface area contributed by atoms with Crippen molar-refractivity contribution in [1.29, 1.82) is 0 Å². The molecule has 1 aromatic heterocycles. The number of benzene rings is 3. The largest absolute Gasteiger partial charge is 0.340 e. The molecule has 5 heteroatoms. The quantitative estimate of drug-likeness (QED) is 0.372. The van der Waals surface area contributed by atoms with Crippen molar-refractivity contribution in [2.75, 3.05) is 5.32 Å². The summed E-state index contributed by atoms with van der Waals surface area (Å²) >= 11 is 3.50. The predicted molar refractivity (Wildman–Crippen MR) is 127 cm³/mol. The molecule has 0 radical (unpaired) electrons. The van der Waals surface area contributed by atoms with E-state index in [0.717, 1.165) is 37.7 Å². The van der Waals surface area contributed by atoms with Crippen LogP contribution >= 0.6 is 15.9 Å². The Hall–Kier alpha value is -2.92. The van der Waals surface area contributed by atoms with Gasteiger partial charge in [-0.2, -0.15) is 0 Å². The summed E-state index contributed by atoms with van der Waals surface area (Å²) in [5.41, 5.74) is 4.84. The van der Waals surface area contributed by atoms with Gasteiger partial charge >= 0.3 is 0 Å². The van der Waals surface area contributed by atoms with Gasteiger partial charge < -0.3 is 9.88 Å². The van der Waals surface area contributed by atoms with Crippen LogP contribution in [0.1, 0.15) is 24.0 Å². The molecule has 0 aliphatic carbocycles. The maximum atomic E-state index is 13.0. The highest BCUT2D eigenvalue weighted by Gasteiger charge is 2.12. The number of para-hydroxylation sites is 1. The zero-order chi connectivity index (χ0) is 21.3. The Labute approximate surface area is 183 Å². The topological polar surface area (TPSA) is 51.1 Å². The molecule has 0 saturated heterocycles. The van der Waals surface area contributed by atoms with Gasteiger partial charge in [-0.3, -0.25) is 9.59 Å². The van der Waals surface area contributed by atoms with Gasteiger partial charge in [0.1, 0.15) is 0 Å². The standard InChI is InChI=1S/C25H23BrN2O2/c1-16-10-12-23-19(14-16)25(30)18-6-3-4-7-22(18)28(23)13-5-8-24(29)27-21-11-9-17(2)15-20(21)26/h3-4,6-7,9-12,14-15H,5,8,13H2,1-2H3,(H,27,29). The van der Waals surface area contributed by atoms with Crippen LogP contribution in [0.25, 0.3) is 21.8 Å². The Balaban J connectivity index is 1.58. The van der Waals surface area contributed by atoms with Gasteiger partial charge in [0.25, 0.3) is 0 Å². The number of fused-ring (bicyclic) bond motifs is 2. The molecule has 0 fully saturated rings. The van der Waals surface area contributed by atoms with Crippen LogP contribution in [0.3, 0.4) is 0 Å². The number of aryl methyl sites for hydroxylation is 3. The first kappa shape index (κ1) is 20.4. The molecule has 0 spiro atoms. The van der Waals surface area contributed by atoms with E-state index in [9.17, 15) is 9.59 Å². The van der Waals surface area contributed by atoms with Gasteiger partial charge in [-0.1, -0.05) is 29.8 Å². The average Bonchev–Trinajstić information content (AvgIpc) is 2.73. The van der Waals surface area contributed by atoms with Crippen molar-refractivity contribution in [3.8, 4) is 0 Å². The van der Waals surface area contributed by atoms with E-state index >= 15 is 0 Å². The normalized spacial score (nSPS) is 11.2. The van der Waals surface area contributed by atoms with Gasteiger partial charge in [0.2, 0.25) is 5.91 Å². The average molecular weight is 463 g/mol. The maximum Gasteiger partial charge on any atom is 0.224 e. The first-order valence-electron chi connectivity index (χ1n) is 10.0. The molecule has 4 nitrogen and oxygen atoms in total. The Morgan fingerprint density at radius 1 is 0.933 bits per heavy atom. The number of nitrogens with one attached hydrogen (secondary N) is 1. The lowest BCUT2D eigenvalue weighted by Crippen LogP contribution is -2.15. The summed E-state index contributed by atoms with van der Waals surface area (Å²) < 4.78 is 3.03. The number of rotatable bonds is 5. The summed E-state index contributed by atoms with van der Waals surface area (Å²) in [4.78, 5) is 25.4. The van der Waals surface area contributed by atoms with Crippen LogP contribution in [0.5, 0.6) is 0 Å². The molecule has 0 bridgehead atoms. The van der Waals surface area contributed by atoms with Gasteiger partial charge in [0.05, 0.1) is 16.7 Å². The number of anilines is 1. The van der Waals surface area contributed by atoms with Gasteiger partial charge in [-0.15, -0.1) is 0 Å². The van der Waals surface area contributed by atoms with Crippen molar-refractivity contribution in [1.82, 2.24) is 4.57 Å². The number of amides is 1. The molecule has 152 valence electrons. The number of carbonyl (C=O) groups is 1. The fourth-order valence-corrected chi connectivity index (χ4v) is 4.41. The minimum Gasteiger partial charge on any atom is -0.340 e. The second kappa shape index (κ2) is 8.44. The summed E-state index contributed by atoms with van der Waals surface area (Å²) in [5.74, 6) is -0.0231. The minimum atomic E-state index is -0.0231. The Bertz CT molecular complexity index is 1320. The van der Waals surface area contributed by atoms with Gasteiger partial charge in [0, 0.05) is 28.2 Å². The predicted octanol–water partition coefficient (Wildman–Crippen LogP) is 5.95. The minimum absolute atomic E-state index is 0.0231. The first-order chi connectivity index (χ1) is 14.4. The van der Waals surface area contributed by atoms with Gasteiger partial charge in [0.15, 0.2) is 5.43 Å². The van der Waals surface area contributed by atoms with E-state index in [1.54, 1.807) is 0 Å². The third-order valence-corrected chi connectivity index (χ3v) is 5.97. The monoisotopic (exact) mass is 462 g/mol. The number of carbonyl (C=O) groups excluding carboxylic acids is 1. The summed E-state index contributed by atoms with van der Waals surface area (Å²) in [6.45, 7) is 4.66. The molecule has 0 saturated carbocycles. The number of hydrogen-bond donors (Lipinski definition) is 1. The highest BCUT2D eigenvalue weighted by atomic mass is 79.9. The molecular weight excluding hydrogens is 440 g/mol. The molecular formula is C25H23BrN2O2. The Morgan fingerprint density at radius 2 is 1.63 bits per heavy atom. The lowest BCUT2D eigenvalue weighted by atomic mass is 10.1. The third-order valence-electron chi connectivity index (χ3n) is 5.31. The van der Waals surface area contributed by atoms with Crippen molar-refractivity contribution >= 4 is 49.3 Å². The fraction of sp³-hybridized carbons (Fsp3) is 0.200. The van der Waals surface area contributed by atoms with Crippen LogP contribution in [0.2, 0.25) is 0 Å². The van der Waals surface area contributed by atoms with E-state index < -0.39 is 0 Å². The van der Waals surface area contributed by atoms with Crippen LogP contribution < -0.4 is 10.7 Å². The smallest absolute Gasteiger partial charge is 0.224 e. The van der Waals surface area contributed by atoms with Crippen LogP contribution in [-0.4, -0.2) is 10.5 Å². The van der Waals surface area contributed by atoms with E-state index in [0.29, 0.717) is 24.8 Å². The molecule has 0 aliphatic heterocycles. The summed E-state index contributed by atoms with van der Waals surface area (Å²) in [5, 5.41) is 4.41. The zero-order valence-corrected chi connectivity index (χ0v) is 18.6. The number of pyridine rings is 1. The lowest BCUT2D eigenvalue weighted by molar-refractivity contribution is -0.116. The molecule has 0 unspecified atom stereocenters. The number of aromatic nitrogens is 1. The molecule has 0 aliphatic rings. The third kappa shape index (κ3) is 4.03. The van der Waals surface area contributed by atoms with Gasteiger partial charge in [-0.05, 0) is 78.2 Å². The van der Waals surface area contributed by atoms with Crippen molar-refractivity contribution in [2.24, 2.45) is 0 Å². The zero-order valence-electron chi connectivity index (χ0n) is 17.0. The molecule has 3 aromatic carbocycles. The molecule has 4 rings (SSSR count). The number of hydrogen-bond acceptors (Lipinski definition) is 2. The summed E-state index contributed by atoms with van der Waals surface area (Å²) in [6.07, 6.45) is 1.07. The Morgan fingerprint density at radius 3 is 2.43 bits per heavy atom. The second-order valence-electron chi connectivity index (χ2n) is 7.65. The van der Waals surface area contributed by atoms with E-state index in [1.165, 1.54) is 0 Å². The molecule has 30 heavy (non-hydrogen) atoms. The van der Waals surface area contributed by atoms with Crippen molar-refractivity contribution in [3.05, 3.63) is 86.5 Å². The molecule has 0 atom stereocenters. The van der Waals surface area contributed by atoms with Crippen LogP contribution in [0, 0.1) is 13.8 Å².